The van der Waals surface area contributed by atoms with Gasteiger partial charge in [-0.15, -0.1) is 0 Å². The van der Waals surface area contributed by atoms with E-state index >= 15 is 0 Å². The van der Waals surface area contributed by atoms with E-state index in [0.717, 1.165) is 0 Å². The van der Waals surface area contributed by atoms with Crippen LogP contribution in [-0.4, -0.2) is 48.9 Å². The number of nitrogens with zero attached hydrogens (tertiary/aromatic N) is 1. The lowest BCUT2D eigenvalue weighted by atomic mass is 9.86. The van der Waals surface area contributed by atoms with Gasteiger partial charge in [-0.3, -0.25) is 19.3 Å². The summed E-state index contributed by atoms with van der Waals surface area (Å²) in [5.41, 5.74) is 1.14. The van der Waals surface area contributed by atoms with Gasteiger partial charge in [-0.05, 0) is 64.7 Å². The highest BCUT2D eigenvalue weighted by molar-refractivity contribution is 7.90. The average molecular weight is 422 g/mol. The Kier molecular flexibility index (Phi) is 6.09. The summed E-state index contributed by atoms with van der Waals surface area (Å²) in [5, 5.41) is 2.35. The smallest absolute Gasteiger partial charge is 0.261 e. The van der Waals surface area contributed by atoms with Crippen LogP contribution in [0.5, 0.6) is 0 Å². The zero-order chi connectivity index (χ0) is 21.3. The molecule has 158 valence electrons. The summed E-state index contributed by atoms with van der Waals surface area (Å²) in [6.45, 7) is 5.31. The summed E-state index contributed by atoms with van der Waals surface area (Å²) in [4.78, 5) is 38.3. The van der Waals surface area contributed by atoms with Crippen molar-refractivity contribution in [3.63, 3.8) is 0 Å². The Bertz CT molecular complexity index is 933. The second kappa shape index (κ2) is 8.23. The lowest BCUT2D eigenvalue weighted by molar-refractivity contribution is -0.120. The molecule has 2 aliphatic rings. The summed E-state index contributed by atoms with van der Waals surface area (Å²) in [7, 11) is -3.32. The fourth-order valence-corrected chi connectivity index (χ4v) is 4.71. The Labute approximate surface area is 171 Å². The van der Waals surface area contributed by atoms with E-state index in [0.29, 0.717) is 49.0 Å². The molecular weight excluding hydrogens is 394 g/mol. The Hall–Kier alpha value is -2.26. The van der Waals surface area contributed by atoms with E-state index in [9.17, 15) is 22.8 Å². The monoisotopic (exact) mass is 421 g/mol. The van der Waals surface area contributed by atoms with E-state index in [1.807, 2.05) is 0 Å². The normalized spacial score (nSPS) is 22.1. The number of carbonyl (C=O) groups excluding carboxylic acids is 3. The number of nitrogens with one attached hydrogen (secondary N) is 2. The second-order valence-corrected chi connectivity index (χ2v) is 10.1. The van der Waals surface area contributed by atoms with Crippen LogP contribution >= 0.6 is 0 Å². The van der Waals surface area contributed by atoms with Crippen LogP contribution in [0.2, 0.25) is 0 Å². The minimum atomic E-state index is -3.32. The molecule has 0 unspecified atom stereocenters. The number of hydrogen-bond donors (Lipinski definition) is 2. The molecule has 1 aromatic carbocycles. The van der Waals surface area contributed by atoms with Gasteiger partial charge in [0.15, 0.2) is 0 Å². The van der Waals surface area contributed by atoms with Gasteiger partial charge >= 0.3 is 0 Å². The van der Waals surface area contributed by atoms with E-state index < -0.39 is 15.3 Å². The van der Waals surface area contributed by atoms with E-state index in [1.54, 1.807) is 39.0 Å². The van der Waals surface area contributed by atoms with Gasteiger partial charge in [0.05, 0.1) is 16.4 Å². The number of carbonyl (C=O) groups is 3. The van der Waals surface area contributed by atoms with E-state index in [1.165, 1.54) is 4.90 Å². The van der Waals surface area contributed by atoms with Crippen molar-refractivity contribution in [1.82, 2.24) is 9.62 Å². The van der Waals surface area contributed by atoms with Crippen LogP contribution in [0.25, 0.3) is 0 Å². The number of amides is 3. The highest BCUT2D eigenvalue weighted by Gasteiger charge is 2.35. The molecule has 1 fully saturated rings. The average Bonchev–Trinajstić information content (AvgIpc) is 2.91. The van der Waals surface area contributed by atoms with Gasteiger partial charge in [0, 0.05) is 24.2 Å². The van der Waals surface area contributed by atoms with Gasteiger partial charge in [-0.1, -0.05) is 0 Å². The van der Waals surface area contributed by atoms with Crippen LogP contribution in [0.4, 0.5) is 5.69 Å². The lowest BCUT2D eigenvalue weighted by Crippen LogP contribution is -2.42. The highest BCUT2D eigenvalue weighted by atomic mass is 32.2. The minimum Gasteiger partial charge on any atom is -0.326 e. The molecular formula is C20H27N3O5S. The summed E-state index contributed by atoms with van der Waals surface area (Å²) in [6.07, 6.45) is 2.38. The first-order valence-electron chi connectivity index (χ1n) is 9.96. The Balaban J connectivity index is 1.60. The Morgan fingerprint density at radius 3 is 2.31 bits per heavy atom. The maximum Gasteiger partial charge on any atom is 0.261 e. The molecule has 1 aliphatic carbocycles. The molecule has 2 N–H and O–H groups in total. The number of imide groups is 1. The molecule has 0 aromatic heterocycles. The first-order chi connectivity index (χ1) is 13.6. The lowest BCUT2D eigenvalue weighted by Gasteiger charge is -2.28. The van der Waals surface area contributed by atoms with Crippen LogP contribution < -0.4 is 10.0 Å². The quantitative estimate of drug-likeness (QED) is 0.683. The van der Waals surface area contributed by atoms with Crippen molar-refractivity contribution in [2.75, 3.05) is 11.9 Å². The fourth-order valence-electron chi connectivity index (χ4n) is 3.74. The zero-order valence-corrected chi connectivity index (χ0v) is 17.7. The SMILES string of the molecule is CCN1C(=O)c2ccc(NC(=O)[C@H]3CC[C@H](NS(=O)(=O)C(C)C)CC3)cc2C1=O. The minimum absolute atomic E-state index is 0.143. The van der Waals surface area contributed by atoms with E-state index in [2.05, 4.69) is 10.0 Å². The van der Waals surface area contributed by atoms with Crippen LogP contribution in [-0.2, 0) is 14.8 Å². The van der Waals surface area contributed by atoms with E-state index in [-0.39, 0.29) is 29.7 Å². The molecule has 0 spiro atoms. The third-order valence-corrected chi connectivity index (χ3v) is 7.51. The number of rotatable bonds is 6. The second-order valence-electron chi connectivity index (χ2n) is 7.86. The van der Waals surface area contributed by atoms with Crippen molar-refractivity contribution >= 4 is 33.4 Å². The molecule has 29 heavy (non-hydrogen) atoms. The molecule has 0 atom stereocenters. The Morgan fingerprint density at radius 1 is 1.10 bits per heavy atom. The van der Waals surface area contributed by atoms with Crippen molar-refractivity contribution in [2.24, 2.45) is 5.92 Å². The summed E-state index contributed by atoms with van der Waals surface area (Å²) >= 11 is 0. The van der Waals surface area contributed by atoms with Crippen LogP contribution in [0.15, 0.2) is 18.2 Å². The third kappa shape index (κ3) is 4.35. The van der Waals surface area contributed by atoms with Gasteiger partial charge in [0.25, 0.3) is 11.8 Å². The van der Waals surface area contributed by atoms with Crippen LogP contribution in [0.1, 0.15) is 67.2 Å². The standard InChI is InChI=1S/C20H27N3O5S/c1-4-23-19(25)16-10-9-15(11-17(16)20(23)26)21-18(24)13-5-7-14(8-6-13)22-29(27,28)12(2)3/h9-14,22H,4-8H2,1-3H3,(H,21,24)/t13-,14-. The van der Waals surface area contributed by atoms with Crippen LogP contribution in [0.3, 0.4) is 0 Å². The van der Waals surface area contributed by atoms with Gasteiger partial charge in [0.1, 0.15) is 0 Å². The molecule has 1 saturated carbocycles. The molecule has 1 heterocycles. The van der Waals surface area contributed by atoms with Gasteiger partial charge in [0.2, 0.25) is 15.9 Å². The van der Waals surface area contributed by atoms with Crippen molar-refractivity contribution in [3.05, 3.63) is 29.3 Å². The summed E-state index contributed by atoms with van der Waals surface area (Å²) in [5.74, 6) is -1.03. The van der Waals surface area contributed by atoms with E-state index in [4.69, 9.17) is 0 Å². The van der Waals surface area contributed by atoms with Gasteiger partial charge in [-0.2, -0.15) is 0 Å². The molecule has 1 aromatic rings. The number of benzene rings is 1. The number of sulfonamides is 1. The number of fused-ring (bicyclic) bond motifs is 1. The van der Waals surface area contributed by atoms with Crippen molar-refractivity contribution < 1.29 is 22.8 Å². The predicted molar refractivity (Wildman–Crippen MR) is 109 cm³/mol. The maximum absolute atomic E-state index is 12.6. The first kappa shape index (κ1) is 21.4. The fraction of sp³-hybridized carbons (Fsp3) is 0.550. The predicted octanol–water partition coefficient (Wildman–Crippen LogP) is 2.13. The maximum atomic E-state index is 12.6. The largest absolute Gasteiger partial charge is 0.326 e. The zero-order valence-electron chi connectivity index (χ0n) is 16.9. The van der Waals surface area contributed by atoms with Crippen molar-refractivity contribution in [2.45, 2.75) is 57.7 Å². The summed E-state index contributed by atoms with van der Waals surface area (Å²) < 4.78 is 26.7. The summed E-state index contributed by atoms with van der Waals surface area (Å²) in [6, 6.07) is 4.60. The molecule has 8 nitrogen and oxygen atoms in total. The molecule has 0 radical (unpaired) electrons. The molecule has 9 heteroatoms. The molecule has 0 bridgehead atoms. The van der Waals surface area contributed by atoms with Crippen molar-refractivity contribution in [1.29, 1.82) is 0 Å². The van der Waals surface area contributed by atoms with Gasteiger partial charge < -0.3 is 5.32 Å². The van der Waals surface area contributed by atoms with Crippen LogP contribution in [0, 0.1) is 5.92 Å². The third-order valence-electron chi connectivity index (χ3n) is 5.60. The van der Waals surface area contributed by atoms with Crippen molar-refractivity contribution in [3.8, 4) is 0 Å². The molecule has 3 rings (SSSR count). The molecule has 1 aliphatic heterocycles. The topological polar surface area (TPSA) is 113 Å². The number of hydrogen-bond acceptors (Lipinski definition) is 5. The molecule has 0 saturated heterocycles. The Morgan fingerprint density at radius 2 is 1.72 bits per heavy atom. The molecule has 3 amide bonds. The highest BCUT2D eigenvalue weighted by Crippen LogP contribution is 2.28. The first-order valence-corrected chi connectivity index (χ1v) is 11.5. The van der Waals surface area contributed by atoms with Gasteiger partial charge in [-0.25, -0.2) is 13.1 Å². The number of anilines is 1.